The summed E-state index contributed by atoms with van der Waals surface area (Å²) in [6.07, 6.45) is 5.37. The van der Waals surface area contributed by atoms with Gasteiger partial charge < -0.3 is 10.6 Å². The van der Waals surface area contributed by atoms with Crippen LogP contribution in [-0.2, 0) is 0 Å². The Balaban J connectivity index is 2.52. The lowest BCUT2D eigenvalue weighted by atomic mass is 10.2. The molecule has 2 N–H and O–H groups in total. The van der Waals surface area contributed by atoms with Gasteiger partial charge in [0.2, 0.25) is 0 Å². The lowest BCUT2D eigenvalue weighted by molar-refractivity contribution is 0.690. The molecule has 90 valence electrons. The lowest BCUT2D eigenvalue weighted by Gasteiger charge is -2.14. The Morgan fingerprint density at radius 3 is 2.81 bits per heavy atom. The van der Waals surface area contributed by atoms with Crippen LogP contribution in [0.15, 0.2) is 18.3 Å². The lowest BCUT2D eigenvalue weighted by Crippen LogP contribution is -2.14. The monoisotopic (exact) mass is 221 g/mol. The van der Waals surface area contributed by atoms with Crippen LogP contribution < -0.4 is 10.6 Å². The highest BCUT2D eigenvalue weighted by atomic mass is 15.0. The van der Waals surface area contributed by atoms with E-state index in [1.165, 1.54) is 12.8 Å². The number of aromatic nitrogens is 1. The first-order valence-corrected chi connectivity index (χ1v) is 6.22. The van der Waals surface area contributed by atoms with E-state index in [0.29, 0.717) is 6.04 Å². The van der Waals surface area contributed by atoms with Crippen molar-refractivity contribution in [3.05, 3.63) is 18.3 Å². The summed E-state index contributed by atoms with van der Waals surface area (Å²) < 4.78 is 0. The fraction of sp³-hybridized carbons (Fsp3) is 0.615. The summed E-state index contributed by atoms with van der Waals surface area (Å²) in [5.41, 5.74) is 1.15. The van der Waals surface area contributed by atoms with Crippen molar-refractivity contribution in [1.29, 1.82) is 0 Å². The zero-order chi connectivity index (χ0) is 11.8. The zero-order valence-corrected chi connectivity index (χ0v) is 10.6. The van der Waals surface area contributed by atoms with E-state index in [4.69, 9.17) is 0 Å². The second-order valence-electron chi connectivity index (χ2n) is 4.19. The van der Waals surface area contributed by atoms with E-state index in [9.17, 15) is 0 Å². The van der Waals surface area contributed by atoms with E-state index in [1.54, 1.807) is 0 Å². The third-order valence-electron chi connectivity index (χ3n) is 2.45. The summed E-state index contributed by atoms with van der Waals surface area (Å²) in [5, 5.41) is 6.77. The summed E-state index contributed by atoms with van der Waals surface area (Å²) in [6.45, 7) is 7.54. The molecule has 1 rings (SSSR count). The SMILES string of the molecule is CCCNc1cc(NC(C)CCC)ccn1. The number of hydrogen-bond donors (Lipinski definition) is 2. The molecule has 1 aromatic rings. The van der Waals surface area contributed by atoms with Crippen molar-refractivity contribution >= 4 is 11.5 Å². The molecule has 16 heavy (non-hydrogen) atoms. The Bertz CT molecular complexity index is 299. The molecular formula is C13H23N3. The van der Waals surface area contributed by atoms with Gasteiger partial charge in [-0.1, -0.05) is 20.3 Å². The fourth-order valence-electron chi connectivity index (χ4n) is 1.66. The number of rotatable bonds is 7. The van der Waals surface area contributed by atoms with Crippen molar-refractivity contribution < 1.29 is 0 Å². The van der Waals surface area contributed by atoms with Gasteiger partial charge in [-0.3, -0.25) is 0 Å². The van der Waals surface area contributed by atoms with Crippen LogP contribution in [0.1, 0.15) is 40.0 Å². The smallest absolute Gasteiger partial charge is 0.127 e. The molecule has 1 heterocycles. The van der Waals surface area contributed by atoms with Gasteiger partial charge in [0.1, 0.15) is 5.82 Å². The van der Waals surface area contributed by atoms with Gasteiger partial charge in [0.05, 0.1) is 0 Å². The maximum Gasteiger partial charge on any atom is 0.127 e. The molecule has 0 saturated carbocycles. The van der Waals surface area contributed by atoms with E-state index in [0.717, 1.165) is 24.5 Å². The molecule has 0 fully saturated rings. The average Bonchev–Trinajstić information content (AvgIpc) is 2.27. The highest BCUT2D eigenvalue weighted by Gasteiger charge is 2.01. The quantitative estimate of drug-likeness (QED) is 0.740. The molecule has 1 aromatic heterocycles. The van der Waals surface area contributed by atoms with Crippen LogP contribution in [0.5, 0.6) is 0 Å². The van der Waals surface area contributed by atoms with Crippen LogP contribution >= 0.6 is 0 Å². The molecule has 0 aromatic carbocycles. The highest BCUT2D eigenvalue weighted by Crippen LogP contribution is 2.14. The molecule has 0 aliphatic rings. The second kappa shape index (κ2) is 7.09. The number of nitrogens with zero attached hydrogens (tertiary/aromatic N) is 1. The molecule has 0 aliphatic heterocycles. The molecule has 3 heteroatoms. The summed E-state index contributed by atoms with van der Waals surface area (Å²) >= 11 is 0. The Kier molecular flexibility index (Phi) is 5.68. The van der Waals surface area contributed by atoms with Gasteiger partial charge in [0, 0.05) is 30.5 Å². The van der Waals surface area contributed by atoms with Crippen LogP contribution in [0.3, 0.4) is 0 Å². The van der Waals surface area contributed by atoms with Crippen molar-refractivity contribution in [2.24, 2.45) is 0 Å². The average molecular weight is 221 g/mol. The molecule has 0 saturated heterocycles. The minimum absolute atomic E-state index is 0.520. The number of hydrogen-bond acceptors (Lipinski definition) is 3. The third kappa shape index (κ3) is 4.51. The minimum Gasteiger partial charge on any atom is -0.382 e. The maximum absolute atomic E-state index is 4.28. The molecular weight excluding hydrogens is 198 g/mol. The van der Waals surface area contributed by atoms with Crippen LogP contribution in [0.2, 0.25) is 0 Å². The molecule has 0 radical (unpaired) electrons. The van der Waals surface area contributed by atoms with Crippen molar-refractivity contribution in [1.82, 2.24) is 4.98 Å². The van der Waals surface area contributed by atoms with Gasteiger partial charge >= 0.3 is 0 Å². The molecule has 0 aliphatic carbocycles. The molecule has 1 unspecified atom stereocenters. The summed E-state index contributed by atoms with van der Waals surface area (Å²) in [5.74, 6) is 0.954. The van der Waals surface area contributed by atoms with E-state index in [-0.39, 0.29) is 0 Å². The van der Waals surface area contributed by atoms with Gasteiger partial charge in [0.15, 0.2) is 0 Å². The Morgan fingerprint density at radius 1 is 1.31 bits per heavy atom. The fourth-order valence-corrected chi connectivity index (χ4v) is 1.66. The van der Waals surface area contributed by atoms with E-state index < -0.39 is 0 Å². The van der Waals surface area contributed by atoms with E-state index in [1.807, 2.05) is 12.3 Å². The number of anilines is 2. The van der Waals surface area contributed by atoms with Crippen molar-refractivity contribution in [2.75, 3.05) is 17.2 Å². The summed E-state index contributed by atoms with van der Waals surface area (Å²) in [4.78, 5) is 4.28. The maximum atomic E-state index is 4.28. The first-order valence-electron chi connectivity index (χ1n) is 6.22. The van der Waals surface area contributed by atoms with Gasteiger partial charge in [-0.15, -0.1) is 0 Å². The van der Waals surface area contributed by atoms with Gasteiger partial charge in [-0.25, -0.2) is 4.98 Å². The van der Waals surface area contributed by atoms with Gasteiger partial charge in [0.25, 0.3) is 0 Å². The standard InChI is InChI=1S/C13H23N3/c1-4-6-11(3)16-12-7-9-15-13(10-12)14-8-5-2/h7,9-11H,4-6,8H2,1-3H3,(H2,14,15,16). The first-order chi connectivity index (χ1) is 7.76. The topological polar surface area (TPSA) is 37.0 Å². The number of pyridine rings is 1. The van der Waals surface area contributed by atoms with Gasteiger partial charge in [-0.2, -0.15) is 0 Å². The summed E-state index contributed by atoms with van der Waals surface area (Å²) in [7, 11) is 0. The van der Waals surface area contributed by atoms with Crippen LogP contribution in [-0.4, -0.2) is 17.6 Å². The molecule has 0 amide bonds. The molecule has 3 nitrogen and oxygen atoms in total. The minimum atomic E-state index is 0.520. The molecule has 1 atom stereocenters. The Hall–Kier alpha value is -1.25. The first kappa shape index (κ1) is 12.8. The predicted molar refractivity (Wildman–Crippen MR) is 71.0 cm³/mol. The van der Waals surface area contributed by atoms with Crippen molar-refractivity contribution in [2.45, 2.75) is 46.1 Å². The number of nitrogens with one attached hydrogen (secondary N) is 2. The van der Waals surface area contributed by atoms with Gasteiger partial charge in [-0.05, 0) is 25.8 Å². The largest absolute Gasteiger partial charge is 0.382 e. The van der Waals surface area contributed by atoms with Crippen molar-refractivity contribution in [3.63, 3.8) is 0 Å². The molecule has 0 bridgehead atoms. The van der Waals surface area contributed by atoms with Crippen LogP contribution in [0.4, 0.5) is 11.5 Å². The summed E-state index contributed by atoms with van der Waals surface area (Å²) in [6, 6.07) is 4.61. The molecule has 0 spiro atoms. The zero-order valence-electron chi connectivity index (χ0n) is 10.6. The van der Waals surface area contributed by atoms with E-state index >= 15 is 0 Å². The predicted octanol–water partition coefficient (Wildman–Crippen LogP) is 3.50. The van der Waals surface area contributed by atoms with E-state index in [2.05, 4.69) is 42.5 Å². The second-order valence-corrected chi connectivity index (χ2v) is 4.19. The Morgan fingerprint density at radius 2 is 2.12 bits per heavy atom. The third-order valence-corrected chi connectivity index (χ3v) is 2.45. The van der Waals surface area contributed by atoms with Crippen molar-refractivity contribution in [3.8, 4) is 0 Å². The Labute approximate surface area is 98.7 Å². The van der Waals surface area contributed by atoms with Crippen LogP contribution in [0, 0.1) is 0 Å². The highest BCUT2D eigenvalue weighted by molar-refractivity contribution is 5.52. The van der Waals surface area contributed by atoms with Crippen LogP contribution in [0.25, 0.3) is 0 Å². The normalized spacial score (nSPS) is 12.2.